The lowest BCUT2D eigenvalue weighted by Crippen LogP contribution is -2.37. The zero-order valence-corrected chi connectivity index (χ0v) is 13.1. The fourth-order valence-electron chi connectivity index (χ4n) is 2.39. The summed E-state index contributed by atoms with van der Waals surface area (Å²) in [4.78, 5) is 15.2. The molecule has 0 atom stereocenters. The molecule has 1 amide bonds. The molecule has 4 nitrogen and oxygen atoms in total. The van der Waals surface area contributed by atoms with Crippen LogP contribution in [0.25, 0.3) is 0 Å². The van der Waals surface area contributed by atoms with Crippen molar-refractivity contribution in [3.63, 3.8) is 0 Å². The van der Waals surface area contributed by atoms with Gasteiger partial charge in [0.05, 0.1) is 11.9 Å². The summed E-state index contributed by atoms with van der Waals surface area (Å²) in [6.45, 7) is 3.67. The maximum Gasteiger partial charge on any atom is 0.230 e. The molecule has 0 aromatic heterocycles. The molecule has 1 aliphatic rings. The van der Waals surface area contributed by atoms with Gasteiger partial charge in [-0.1, -0.05) is 18.2 Å². The lowest BCUT2D eigenvalue weighted by Gasteiger charge is -2.29. The minimum atomic E-state index is -0.115. The van der Waals surface area contributed by atoms with Gasteiger partial charge in [-0.2, -0.15) is 0 Å². The molecule has 1 aliphatic heterocycles. The van der Waals surface area contributed by atoms with E-state index in [-0.39, 0.29) is 12.0 Å². The number of piperidine rings is 1. The first kappa shape index (κ1) is 16.3. The number of likely N-dealkylation sites (tertiary alicyclic amines) is 1. The van der Waals surface area contributed by atoms with E-state index in [4.69, 9.17) is 0 Å². The largest absolute Gasteiger partial charge is 0.393 e. The van der Waals surface area contributed by atoms with E-state index in [0.29, 0.717) is 5.75 Å². The van der Waals surface area contributed by atoms with Gasteiger partial charge in [0.2, 0.25) is 5.91 Å². The van der Waals surface area contributed by atoms with Crippen molar-refractivity contribution in [3.8, 4) is 0 Å². The van der Waals surface area contributed by atoms with Crippen molar-refractivity contribution in [2.24, 2.45) is 0 Å². The van der Waals surface area contributed by atoms with Crippen LogP contribution in [0.1, 0.15) is 19.3 Å². The van der Waals surface area contributed by atoms with Gasteiger partial charge in [-0.25, -0.2) is 0 Å². The molecule has 1 saturated heterocycles. The molecule has 0 saturated carbocycles. The van der Waals surface area contributed by atoms with Crippen LogP contribution in [0.4, 0.5) is 0 Å². The second-order valence-electron chi connectivity index (χ2n) is 5.38. The van der Waals surface area contributed by atoms with Crippen LogP contribution in [0.5, 0.6) is 0 Å². The SMILES string of the molecule is O=C(CSc1ccccc1)NCCCN1CCC(O)CC1. The summed E-state index contributed by atoms with van der Waals surface area (Å²) in [5.41, 5.74) is 0. The topological polar surface area (TPSA) is 52.6 Å². The Morgan fingerprint density at radius 2 is 2.00 bits per heavy atom. The Morgan fingerprint density at radius 1 is 1.29 bits per heavy atom. The average molecular weight is 308 g/mol. The molecule has 0 spiro atoms. The van der Waals surface area contributed by atoms with E-state index in [1.54, 1.807) is 11.8 Å². The minimum absolute atomic E-state index is 0.0953. The number of benzene rings is 1. The Hall–Kier alpha value is -1.04. The second kappa shape index (κ2) is 9.07. The van der Waals surface area contributed by atoms with Gasteiger partial charge in [0, 0.05) is 24.5 Å². The van der Waals surface area contributed by atoms with Crippen molar-refractivity contribution in [1.29, 1.82) is 0 Å². The van der Waals surface area contributed by atoms with Gasteiger partial charge in [-0.05, 0) is 37.9 Å². The molecule has 0 unspecified atom stereocenters. The van der Waals surface area contributed by atoms with Crippen LogP contribution in [0.2, 0.25) is 0 Å². The van der Waals surface area contributed by atoms with Crippen LogP contribution in [0, 0.1) is 0 Å². The van der Waals surface area contributed by atoms with Crippen molar-refractivity contribution in [3.05, 3.63) is 30.3 Å². The van der Waals surface area contributed by atoms with Crippen molar-refractivity contribution < 1.29 is 9.90 Å². The summed E-state index contributed by atoms with van der Waals surface area (Å²) in [5.74, 6) is 0.567. The Balaban J connectivity index is 1.51. The Morgan fingerprint density at radius 3 is 2.71 bits per heavy atom. The van der Waals surface area contributed by atoms with Crippen LogP contribution < -0.4 is 5.32 Å². The molecule has 21 heavy (non-hydrogen) atoms. The number of hydrogen-bond acceptors (Lipinski definition) is 4. The molecular weight excluding hydrogens is 284 g/mol. The maximum absolute atomic E-state index is 11.7. The number of amides is 1. The van der Waals surface area contributed by atoms with Gasteiger partial charge < -0.3 is 15.3 Å². The molecule has 0 radical (unpaired) electrons. The summed E-state index contributed by atoms with van der Waals surface area (Å²) in [5, 5.41) is 12.4. The van der Waals surface area contributed by atoms with Crippen molar-refractivity contribution >= 4 is 17.7 Å². The average Bonchev–Trinajstić information content (AvgIpc) is 2.52. The lowest BCUT2D eigenvalue weighted by molar-refractivity contribution is -0.118. The summed E-state index contributed by atoms with van der Waals surface area (Å²) < 4.78 is 0. The number of aliphatic hydroxyl groups excluding tert-OH is 1. The van der Waals surface area contributed by atoms with Crippen molar-refractivity contribution in [2.75, 3.05) is 31.9 Å². The molecule has 2 rings (SSSR count). The highest BCUT2D eigenvalue weighted by Crippen LogP contribution is 2.16. The van der Waals surface area contributed by atoms with E-state index in [2.05, 4.69) is 10.2 Å². The monoisotopic (exact) mass is 308 g/mol. The molecular formula is C16H24N2O2S. The number of nitrogens with one attached hydrogen (secondary N) is 1. The summed E-state index contributed by atoms with van der Waals surface area (Å²) in [6.07, 6.45) is 2.61. The summed E-state index contributed by atoms with van der Waals surface area (Å²) in [7, 11) is 0. The normalized spacial score (nSPS) is 16.8. The van der Waals surface area contributed by atoms with Crippen LogP contribution in [-0.4, -0.2) is 53.9 Å². The van der Waals surface area contributed by atoms with Gasteiger partial charge in [0.15, 0.2) is 0 Å². The molecule has 1 heterocycles. The first-order valence-electron chi connectivity index (χ1n) is 7.59. The van der Waals surface area contributed by atoms with Gasteiger partial charge in [-0.3, -0.25) is 4.79 Å². The predicted octanol–water partition coefficient (Wildman–Crippen LogP) is 1.74. The third-order valence-corrected chi connectivity index (χ3v) is 4.66. The third kappa shape index (κ3) is 6.50. The quantitative estimate of drug-likeness (QED) is 0.595. The standard InChI is InChI=1S/C16H24N2O2S/c19-14-7-11-18(12-8-14)10-4-9-17-16(20)13-21-15-5-2-1-3-6-15/h1-3,5-6,14,19H,4,7-13H2,(H,17,20). The number of hydrogen-bond donors (Lipinski definition) is 2. The van der Waals surface area contributed by atoms with Crippen LogP contribution >= 0.6 is 11.8 Å². The number of thioether (sulfide) groups is 1. The molecule has 1 aromatic carbocycles. The first-order valence-corrected chi connectivity index (χ1v) is 8.57. The highest BCUT2D eigenvalue weighted by Gasteiger charge is 2.16. The van der Waals surface area contributed by atoms with Crippen LogP contribution in [0.3, 0.4) is 0 Å². The van der Waals surface area contributed by atoms with Gasteiger partial charge >= 0.3 is 0 Å². The minimum Gasteiger partial charge on any atom is -0.393 e. The second-order valence-corrected chi connectivity index (χ2v) is 6.43. The molecule has 1 fully saturated rings. The Kier molecular flexibility index (Phi) is 7.06. The van der Waals surface area contributed by atoms with E-state index in [1.165, 1.54) is 0 Å². The van der Waals surface area contributed by atoms with Gasteiger partial charge in [0.1, 0.15) is 0 Å². The van der Waals surface area contributed by atoms with E-state index in [0.717, 1.165) is 50.3 Å². The fraction of sp³-hybridized carbons (Fsp3) is 0.562. The summed E-state index contributed by atoms with van der Waals surface area (Å²) >= 11 is 1.56. The lowest BCUT2D eigenvalue weighted by atomic mass is 10.1. The van der Waals surface area contributed by atoms with Crippen molar-refractivity contribution in [1.82, 2.24) is 10.2 Å². The van der Waals surface area contributed by atoms with E-state index in [9.17, 15) is 9.90 Å². The number of carbonyl (C=O) groups excluding carboxylic acids is 1. The van der Waals surface area contributed by atoms with Gasteiger partial charge in [-0.15, -0.1) is 11.8 Å². The number of aliphatic hydroxyl groups is 1. The van der Waals surface area contributed by atoms with Crippen LogP contribution in [-0.2, 0) is 4.79 Å². The fourth-order valence-corrected chi connectivity index (χ4v) is 3.14. The Labute approximate surface area is 130 Å². The highest BCUT2D eigenvalue weighted by atomic mass is 32.2. The zero-order chi connectivity index (χ0) is 14.9. The highest BCUT2D eigenvalue weighted by molar-refractivity contribution is 8.00. The molecule has 116 valence electrons. The maximum atomic E-state index is 11.7. The molecule has 2 N–H and O–H groups in total. The zero-order valence-electron chi connectivity index (χ0n) is 12.3. The number of rotatable bonds is 7. The molecule has 1 aromatic rings. The van der Waals surface area contributed by atoms with Crippen LogP contribution in [0.15, 0.2) is 35.2 Å². The molecule has 0 aliphatic carbocycles. The summed E-state index contributed by atoms with van der Waals surface area (Å²) in [6, 6.07) is 9.97. The van der Waals surface area contributed by atoms with E-state index >= 15 is 0 Å². The predicted molar refractivity (Wildman–Crippen MR) is 86.5 cm³/mol. The molecule has 0 bridgehead atoms. The Bertz CT molecular complexity index is 420. The molecule has 5 heteroatoms. The number of nitrogens with zero attached hydrogens (tertiary/aromatic N) is 1. The van der Waals surface area contributed by atoms with Crippen molar-refractivity contribution in [2.45, 2.75) is 30.3 Å². The smallest absolute Gasteiger partial charge is 0.230 e. The first-order chi connectivity index (χ1) is 10.2. The van der Waals surface area contributed by atoms with E-state index in [1.807, 2.05) is 30.3 Å². The third-order valence-electron chi connectivity index (χ3n) is 3.64. The number of carbonyl (C=O) groups is 1. The van der Waals surface area contributed by atoms with E-state index < -0.39 is 0 Å². The van der Waals surface area contributed by atoms with Gasteiger partial charge in [0.25, 0.3) is 0 Å².